The lowest BCUT2D eigenvalue weighted by Crippen LogP contribution is -2.37. The Morgan fingerprint density at radius 1 is 1.13 bits per heavy atom. The number of hydrogen-bond donors (Lipinski definition) is 1. The molecule has 10 nitrogen and oxygen atoms in total. The van der Waals surface area contributed by atoms with Crippen molar-refractivity contribution in [2.75, 3.05) is 51.7 Å². The second-order valence-corrected chi connectivity index (χ2v) is 7.13. The summed E-state index contributed by atoms with van der Waals surface area (Å²) in [5.74, 6) is 3.12. The van der Waals surface area contributed by atoms with Gasteiger partial charge in [0.15, 0.2) is 23.1 Å². The van der Waals surface area contributed by atoms with Gasteiger partial charge in [-0.2, -0.15) is 5.10 Å². The van der Waals surface area contributed by atoms with Crippen molar-refractivity contribution in [3.63, 3.8) is 0 Å². The van der Waals surface area contributed by atoms with Crippen LogP contribution in [0.15, 0.2) is 36.5 Å². The van der Waals surface area contributed by atoms with Crippen molar-refractivity contribution in [1.29, 1.82) is 0 Å². The summed E-state index contributed by atoms with van der Waals surface area (Å²) in [5, 5.41) is 14.4. The number of morpholine rings is 1. The molecule has 2 aromatic heterocycles. The van der Waals surface area contributed by atoms with Crippen molar-refractivity contribution in [2.24, 2.45) is 0 Å². The molecule has 1 aromatic carbocycles. The summed E-state index contributed by atoms with van der Waals surface area (Å²) < 4.78 is 23.6. The van der Waals surface area contributed by atoms with Crippen molar-refractivity contribution < 1.29 is 24.1 Å². The summed E-state index contributed by atoms with van der Waals surface area (Å²) in [6.45, 7) is 2.70. The normalized spacial score (nSPS) is 16.5. The molecular formula is C21H23N5O5. The second kappa shape index (κ2) is 8.50. The van der Waals surface area contributed by atoms with Crippen LogP contribution >= 0.6 is 0 Å². The lowest BCUT2D eigenvalue weighted by atomic mass is 10.1. The second-order valence-electron chi connectivity index (χ2n) is 7.13. The van der Waals surface area contributed by atoms with Gasteiger partial charge in [0.2, 0.25) is 6.79 Å². The molecular weight excluding hydrogens is 402 g/mol. The van der Waals surface area contributed by atoms with E-state index in [0.717, 1.165) is 30.2 Å². The number of para-hydroxylation sites is 1. The Labute approximate surface area is 179 Å². The Kier molecular flexibility index (Phi) is 5.41. The lowest BCUT2D eigenvalue weighted by Gasteiger charge is -2.28. The molecule has 162 valence electrons. The highest BCUT2D eigenvalue weighted by molar-refractivity contribution is 5.71. The molecule has 10 heteroatoms. The maximum Gasteiger partial charge on any atom is 0.231 e. The summed E-state index contributed by atoms with van der Waals surface area (Å²) in [6, 6.07) is 9.50. The van der Waals surface area contributed by atoms with Crippen LogP contribution in [0.5, 0.6) is 11.5 Å². The molecule has 0 bridgehead atoms. The first-order chi connectivity index (χ1) is 15.3. The fourth-order valence-electron chi connectivity index (χ4n) is 3.64. The molecule has 2 aliphatic rings. The van der Waals surface area contributed by atoms with Crippen LogP contribution in [-0.4, -0.2) is 71.7 Å². The van der Waals surface area contributed by atoms with Gasteiger partial charge in [0.25, 0.3) is 0 Å². The van der Waals surface area contributed by atoms with Gasteiger partial charge in [-0.05, 0) is 18.2 Å². The first kappa shape index (κ1) is 19.7. The largest absolute Gasteiger partial charge is 0.454 e. The number of hydrogen-bond acceptors (Lipinski definition) is 9. The van der Waals surface area contributed by atoms with Crippen LogP contribution in [-0.2, 0) is 9.47 Å². The smallest absolute Gasteiger partial charge is 0.231 e. The van der Waals surface area contributed by atoms with E-state index in [9.17, 15) is 5.11 Å². The zero-order valence-corrected chi connectivity index (χ0v) is 17.1. The van der Waals surface area contributed by atoms with Gasteiger partial charge in [-0.15, -0.1) is 0 Å². The molecule has 1 atom stereocenters. The number of aromatic nitrogens is 4. The minimum Gasteiger partial charge on any atom is -0.454 e. The van der Waals surface area contributed by atoms with Gasteiger partial charge in [-0.25, -0.2) is 14.6 Å². The van der Waals surface area contributed by atoms with E-state index in [1.54, 1.807) is 4.68 Å². The first-order valence-corrected chi connectivity index (χ1v) is 10.1. The molecule has 4 heterocycles. The van der Waals surface area contributed by atoms with Crippen LogP contribution in [0.1, 0.15) is 11.9 Å². The number of ether oxygens (including phenoxy) is 4. The van der Waals surface area contributed by atoms with Crippen LogP contribution in [0, 0.1) is 0 Å². The predicted molar refractivity (Wildman–Crippen MR) is 111 cm³/mol. The molecule has 31 heavy (non-hydrogen) atoms. The van der Waals surface area contributed by atoms with Crippen LogP contribution in [0.3, 0.4) is 0 Å². The van der Waals surface area contributed by atoms with Crippen LogP contribution < -0.4 is 14.4 Å². The zero-order valence-electron chi connectivity index (χ0n) is 17.1. The first-order valence-electron chi connectivity index (χ1n) is 10.1. The van der Waals surface area contributed by atoms with E-state index in [4.69, 9.17) is 24.0 Å². The van der Waals surface area contributed by atoms with Gasteiger partial charge in [0, 0.05) is 38.0 Å². The van der Waals surface area contributed by atoms with E-state index in [1.165, 1.54) is 7.11 Å². The number of aliphatic hydroxyl groups excluding tert-OH is 1. The van der Waals surface area contributed by atoms with Crippen molar-refractivity contribution in [1.82, 2.24) is 19.7 Å². The highest BCUT2D eigenvalue weighted by Crippen LogP contribution is 2.40. The topological polar surface area (TPSA) is 104 Å². The van der Waals surface area contributed by atoms with Gasteiger partial charge in [-0.1, -0.05) is 6.07 Å². The van der Waals surface area contributed by atoms with Crippen molar-refractivity contribution in [2.45, 2.75) is 6.10 Å². The quantitative estimate of drug-likeness (QED) is 0.630. The Bertz CT molecular complexity index is 1060. The molecule has 0 radical (unpaired) electrons. The number of anilines is 1. The fourth-order valence-corrected chi connectivity index (χ4v) is 3.64. The molecule has 0 amide bonds. The molecule has 5 rings (SSSR count). The molecule has 3 aromatic rings. The summed E-state index contributed by atoms with van der Waals surface area (Å²) in [5.41, 5.74) is 1.59. The molecule has 1 fully saturated rings. The van der Waals surface area contributed by atoms with Gasteiger partial charge in [0.05, 0.1) is 25.5 Å². The van der Waals surface area contributed by atoms with Crippen molar-refractivity contribution in [3.8, 4) is 28.6 Å². The molecule has 0 unspecified atom stereocenters. The Balaban J connectivity index is 1.54. The predicted octanol–water partition coefficient (Wildman–Crippen LogP) is 1.57. The van der Waals surface area contributed by atoms with E-state index in [0.29, 0.717) is 36.4 Å². The molecule has 0 aliphatic carbocycles. The van der Waals surface area contributed by atoms with E-state index in [1.807, 2.05) is 36.5 Å². The minimum atomic E-state index is -0.627. The Morgan fingerprint density at radius 3 is 2.77 bits per heavy atom. The summed E-state index contributed by atoms with van der Waals surface area (Å²) in [4.78, 5) is 11.4. The number of aliphatic hydroxyl groups is 1. The highest BCUT2D eigenvalue weighted by atomic mass is 16.7. The molecule has 0 spiro atoms. The van der Waals surface area contributed by atoms with Gasteiger partial charge >= 0.3 is 0 Å². The number of fused-ring (bicyclic) bond motifs is 1. The van der Waals surface area contributed by atoms with E-state index < -0.39 is 6.10 Å². The van der Waals surface area contributed by atoms with Crippen molar-refractivity contribution in [3.05, 3.63) is 42.4 Å². The summed E-state index contributed by atoms with van der Waals surface area (Å²) in [6.07, 6.45) is 1.21. The third-order valence-corrected chi connectivity index (χ3v) is 5.29. The van der Waals surface area contributed by atoms with Crippen LogP contribution in [0.25, 0.3) is 17.1 Å². The third-order valence-electron chi connectivity index (χ3n) is 5.29. The average Bonchev–Trinajstić information content (AvgIpc) is 3.50. The third kappa shape index (κ3) is 3.80. The van der Waals surface area contributed by atoms with Gasteiger partial charge in [0.1, 0.15) is 11.9 Å². The number of nitrogens with zero attached hydrogens (tertiary/aromatic N) is 5. The van der Waals surface area contributed by atoms with Gasteiger partial charge < -0.3 is 29.0 Å². The Hall–Kier alpha value is -3.21. The Morgan fingerprint density at radius 2 is 1.97 bits per heavy atom. The number of benzene rings is 1. The van der Waals surface area contributed by atoms with Crippen molar-refractivity contribution >= 4 is 5.82 Å². The SMILES string of the molecule is CO[C@@H](CO)c1nc(N2CCOCC2)cc(-n2ccc(-c3cccc4c3OCO4)n2)n1. The van der Waals surface area contributed by atoms with E-state index in [2.05, 4.69) is 14.9 Å². The number of rotatable bonds is 6. The van der Waals surface area contributed by atoms with E-state index >= 15 is 0 Å². The summed E-state index contributed by atoms with van der Waals surface area (Å²) in [7, 11) is 1.52. The monoisotopic (exact) mass is 425 g/mol. The minimum absolute atomic E-state index is 0.199. The summed E-state index contributed by atoms with van der Waals surface area (Å²) >= 11 is 0. The standard InChI is InChI=1S/C21H23N5O5/c1-28-17(12-27)21-22-18(25-7-9-29-10-8-25)11-19(23-21)26-6-5-15(24-26)14-3-2-4-16-20(14)31-13-30-16/h2-6,11,17,27H,7-10,12-13H2,1H3/t17-/m0/s1. The van der Waals surface area contributed by atoms with E-state index in [-0.39, 0.29) is 13.4 Å². The fraction of sp³-hybridized carbons (Fsp3) is 0.381. The molecule has 1 saturated heterocycles. The van der Waals surface area contributed by atoms with Crippen LogP contribution in [0.4, 0.5) is 5.82 Å². The zero-order chi connectivity index (χ0) is 21.2. The van der Waals surface area contributed by atoms with Crippen LogP contribution in [0.2, 0.25) is 0 Å². The highest BCUT2D eigenvalue weighted by Gasteiger charge is 2.22. The number of methoxy groups -OCH3 is 1. The molecule has 1 N–H and O–H groups in total. The average molecular weight is 425 g/mol. The maximum absolute atomic E-state index is 9.70. The molecule has 2 aliphatic heterocycles. The maximum atomic E-state index is 9.70. The lowest BCUT2D eigenvalue weighted by molar-refractivity contribution is 0.0422. The molecule has 0 saturated carbocycles. The van der Waals surface area contributed by atoms with Gasteiger partial charge in [-0.3, -0.25) is 0 Å².